The number of ether oxygens (including phenoxy) is 3. The van der Waals surface area contributed by atoms with Crippen molar-refractivity contribution in [2.24, 2.45) is 11.8 Å². The van der Waals surface area contributed by atoms with Crippen molar-refractivity contribution in [1.29, 1.82) is 0 Å². The number of nitrogens with zero attached hydrogens (tertiary/aromatic N) is 1. The van der Waals surface area contributed by atoms with E-state index in [0.29, 0.717) is 38.9 Å². The summed E-state index contributed by atoms with van der Waals surface area (Å²) in [6.45, 7) is 6.76. The Kier molecular flexibility index (Phi) is 5.71. The van der Waals surface area contributed by atoms with Gasteiger partial charge in [-0.2, -0.15) is 0 Å². The molecule has 0 saturated carbocycles. The molecule has 27 heavy (non-hydrogen) atoms. The zero-order valence-corrected chi connectivity index (χ0v) is 16.1. The van der Waals surface area contributed by atoms with E-state index >= 15 is 0 Å². The lowest BCUT2D eigenvalue weighted by molar-refractivity contribution is -0.221. The van der Waals surface area contributed by atoms with Gasteiger partial charge in [0.05, 0.1) is 32.0 Å². The minimum atomic E-state index is -0.672. The average molecular weight is 377 g/mol. The molecule has 6 nitrogen and oxygen atoms in total. The third-order valence-corrected chi connectivity index (χ3v) is 6.54. The summed E-state index contributed by atoms with van der Waals surface area (Å²) in [5, 5.41) is 21.1. The van der Waals surface area contributed by atoms with Gasteiger partial charge in [0.1, 0.15) is 5.75 Å². The van der Waals surface area contributed by atoms with Crippen LogP contribution in [0.15, 0.2) is 18.2 Å². The van der Waals surface area contributed by atoms with Gasteiger partial charge in [-0.3, -0.25) is 4.90 Å². The van der Waals surface area contributed by atoms with Crippen molar-refractivity contribution in [1.82, 2.24) is 4.90 Å². The second-order valence-electron chi connectivity index (χ2n) is 8.01. The lowest BCUT2D eigenvalue weighted by Crippen LogP contribution is -2.67. The van der Waals surface area contributed by atoms with E-state index in [1.54, 1.807) is 0 Å². The Balaban J connectivity index is 1.56. The van der Waals surface area contributed by atoms with E-state index < -0.39 is 5.60 Å². The van der Waals surface area contributed by atoms with Gasteiger partial charge in [0.15, 0.2) is 0 Å². The fraction of sp³-hybridized carbons (Fsp3) is 0.714. The summed E-state index contributed by atoms with van der Waals surface area (Å²) in [6, 6.07) is 6.39. The van der Waals surface area contributed by atoms with Crippen molar-refractivity contribution >= 4 is 0 Å². The first-order chi connectivity index (χ1) is 13.2. The zero-order chi connectivity index (χ0) is 18.9. The molecule has 0 aliphatic carbocycles. The van der Waals surface area contributed by atoms with Crippen LogP contribution < -0.4 is 4.74 Å². The zero-order valence-electron chi connectivity index (χ0n) is 16.1. The van der Waals surface area contributed by atoms with Crippen LogP contribution >= 0.6 is 0 Å². The lowest BCUT2D eigenvalue weighted by atomic mass is 9.66. The fourth-order valence-corrected chi connectivity index (χ4v) is 5.14. The molecule has 3 fully saturated rings. The Hall–Kier alpha value is -1.18. The largest absolute Gasteiger partial charge is 0.494 e. The molecule has 0 unspecified atom stereocenters. The number of benzene rings is 1. The van der Waals surface area contributed by atoms with Crippen LogP contribution in [0, 0.1) is 11.8 Å². The summed E-state index contributed by atoms with van der Waals surface area (Å²) in [7, 11) is 0. The number of rotatable bonds is 5. The number of hydrogen-bond acceptors (Lipinski definition) is 6. The molecule has 150 valence electrons. The van der Waals surface area contributed by atoms with E-state index in [2.05, 4.69) is 11.0 Å². The molecule has 6 heteroatoms. The van der Waals surface area contributed by atoms with E-state index in [9.17, 15) is 10.2 Å². The van der Waals surface area contributed by atoms with Gasteiger partial charge in [0.25, 0.3) is 0 Å². The van der Waals surface area contributed by atoms with Crippen molar-refractivity contribution in [3.8, 4) is 5.75 Å². The Bertz CT molecular complexity index is 653. The quantitative estimate of drug-likeness (QED) is 0.812. The van der Waals surface area contributed by atoms with Crippen LogP contribution in [-0.2, 0) is 22.6 Å². The smallest absolute Gasteiger partial charge is 0.124 e. The predicted octanol–water partition coefficient (Wildman–Crippen LogP) is 1.57. The number of aliphatic hydroxyl groups excluding tert-OH is 1. The molecule has 3 aliphatic rings. The molecule has 0 bridgehead atoms. The second kappa shape index (κ2) is 8.05. The molecule has 4 rings (SSSR count). The minimum absolute atomic E-state index is 0.0285. The molecule has 0 aromatic heterocycles. The molecule has 3 heterocycles. The molecule has 1 aromatic rings. The molecule has 3 saturated heterocycles. The maximum atomic E-state index is 11.4. The summed E-state index contributed by atoms with van der Waals surface area (Å²) in [4.78, 5) is 2.48. The Morgan fingerprint density at radius 3 is 2.93 bits per heavy atom. The van der Waals surface area contributed by atoms with E-state index in [1.165, 1.54) is 0 Å². The van der Waals surface area contributed by atoms with Crippen LogP contribution in [0.25, 0.3) is 0 Å². The van der Waals surface area contributed by atoms with Crippen molar-refractivity contribution in [2.45, 2.75) is 44.6 Å². The Morgan fingerprint density at radius 1 is 1.26 bits per heavy atom. The van der Waals surface area contributed by atoms with Crippen molar-refractivity contribution < 1.29 is 24.4 Å². The SMILES string of the molecule is CCOc1ccc(CN2C[C@H]3COCC[C@@]3(O)[C@@H]3COCC[C@@H]32)cc1CO. The number of fused-ring (bicyclic) bond motifs is 3. The van der Waals surface area contributed by atoms with Gasteiger partial charge in [0.2, 0.25) is 0 Å². The van der Waals surface area contributed by atoms with E-state index in [-0.39, 0.29) is 18.4 Å². The number of hydrogen-bond donors (Lipinski definition) is 2. The second-order valence-corrected chi connectivity index (χ2v) is 8.01. The highest BCUT2D eigenvalue weighted by Crippen LogP contribution is 2.44. The van der Waals surface area contributed by atoms with Crippen LogP contribution in [0.2, 0.25) is 0 Å². The third-order valence-electron chi connectivity index (χ3n) is 6.54. The minimum Gasteiger partial charge on any atom is -0.494 e. The first kappa shape index (κ1) is 19.2. The summed E-state index contributed by atoms with van der Waals surface area (Å²) >= 11 is 0. The van der Waals surface area contributed by atoms with E-state index in [4.69, 9.17) is 14.2 Å². The monoisotopic (exact) mass is 377 g/mol. The van der Waals surface area contributed by atoms with E-state index in [0.717, 1.165) is 43.0 Å². The highest BCUT2D eigenvalue weighted by molar-refractivity contribution is 5.37. The molecule has 4 atom stereocenters. The lowest BCUT2D eigenvalue weighted by Gasteiger charge is -2.57. The number of likely N-dealkylation sites (tertiary alicyclic amines) is 1. The van der Waals surface area contributed by atoms with Gasteiger partial charge in [-0.05, 0) is 31.0 Å². The van der Waals surface area contributed by atoms with Crippen LogP contribution in [-0.4, -0.2) is 66.3 Å². The Morgan fingerprint density at radius 2 is 2.11 bits per heavy atom. The number of aliphatic hydroxyl groups is 2. The van der Waals surface area contributed by atoms with Crippen molar-refractivity contribution in [2.75, 3.05) is 39.6 Å². The number of piperidine rings is 1. The molecule has 0 radical (unpaired) electrons. The van der Waals surface area contributed by atoms with Crippen LogP contribution in [0.3, 0.4) is 0 Å². The highest BCUT2D eigenvalue weighted by Gasteiger charge is 2.55. The van der Waals surface area contributed by atoms with Gasteiger partial charge in [-0.15, -0.1) is 0 Å². The standard InChI is InChI=1S/C21H31NO5/c1-2-27-20-4-3-15(9-16(20)12-23)10-22-11-17-13-26-8-6-21(17,24)18-14-25-7-5-19(18)22/h3-4,9,17-19,23-24H,2,5-8,10-14H2,1H3/t17-,18+,19-,21-/m0/s1. The fourth-order valence-electron chi connectivity index (χ4n) is 5.14. The predicted molar refractivity (Wildman–Crippen MR) is 101 cm³/mol. The first-order valence-electron chi connectivity index (χ1n) is 10.1. The summed E-state index contributed by atoms with van der Waals surface area (Å²) in [5.74, 6) is 1.00. The maximum Gasteiger partial charge on any atom is 0.124 e. The highest BCUT2D eigenvalue weighted by atomic mass is 16.5. The summed E-state index contributed by atoms with van der Waals surface area (Å²) < 4.78 is 17.0. The van der Waals surface area contributed by atoms with Gasteiger partial charge in [-0.1, -0.05) is 6.07 Å². The van der Waals surface area contributed by atoms with Crippen LogP contribution in [0.5, 0.6) is 5.75 Å². The normalized spacial score (nSPS) is 34.0. The first-order valence-corrected chi connectivity index (χ1v) is 10.1. The molecule has 3 aliphatic heterocycles. The van der Waals surface area contributed by atoms with Gasteiger partial charge in [-0.25, -0.2) is 0 Å². The van der Waals surface area contributed by atoms with Gasteiger partial charge in [0, 0.05) is 56.2 Å². The summed E-state index contributed by atoms with van der Waals surface area (Å²) in [5.41, 5.74) is 1.32. The third kappa shape index (κ3) is 3.61. The maximum absolute atomic E-state index is 11.4. The molecule has 1 aromatic carbocycles. The molecule has 0 spiro atoms. The van der Waals surface area contributed by atoms with E-state index in [1.807, 2.05) is 19.1 Å². The molecule has 0 amide bonds. The molecule has 2 N–H and O–H groups in total. The van der Waals surface area contributed by atoms with Crippen LogP contribution in [0.1, 0.15) is 30.9 Å². The van der Waals surface area contributed by atoms with Crippen molar-refractivity contribution in [3.63, 3.8) is 0 Å². The van der Waals surface area contributed by atoms with Crippen molar-refractivity contribution in [3.05, 3.63) is 29.3 Å². The molecular weight excluding hydrogens is 346 g/mol. The Labute approximate surface area is 161 Å². The van der Waals surface area contributed by atoms with Gasteiger partial charge < -0.3 is 24.4 Å². The van der Waals surface area contributed by atoms with Gasteiger partial charge >= 0.3 is 0 Å². The average Bonchev–Trinajstić information content (AvgIpc) is 2.70. The topological polar surface area (TPSA) is 71.4 Å². The van der Waals surface area contributed by atoms with Crippen LogP contribution in [0.4, 0.5) is 0 Å². The molecular formula is C21H31NO5. The summed E-state index contributed by atoms with van der Waals surface area (Å²) in [6.07, 6.45) is 1.65.